The molecule has 50 heavy (non-hydrogen) atoms. The van der Waals surface area contributed by atoms with Crippen LogP contribution in [0.1, 0.15) is 161 Å². The largest absolute Gasteiger partial charge is 0.399 e. The Bertz CT molecular complexity index is 1370. The molecule has 0 heterocycles. The number of rotatable bonds is 25. The van der Waals surface area contributed by atoms with Crippen LogP contribution in [0.25, 0.3) is 0 Å². The highest BCUT2D eigenvalue weighted by Crippen LogP contribution is 2.23. The first-order valence-electron chi connectivity index (χ1n) is 20.4. The first-order valence-corrected chi connectivity index (χ1v) is 20.4. The van der Waals surface area contributed by atoms with Crippen LogP contribution in [0.3, 0.4) is 0 Å². The Kier molecular flexibility index (Phi) is 18.1. The summed E-state index contributed by atoms with van der Waals surface area (Å²) in [7, 11) is 0. The smallest absolute Gasteiger partial charge is 0.0314 e. The van der Waals surface area contributed by atoms with E-state index < -0.39 is 0 Å². The predicted octanol–water partition coefficient (Wildman–Crippen LogP) is 13.2. The number of nitrogens with two attached hydrogens (primary N) is 2. The number of hydrogen-bond acceptors (Lipinski definition) is 2. The van der Waals surface area contributed by atoms with Crippen molar-refractivity contribution in [2.24, 2.45) is 0 Å². The molecule has 0 fully saturated rings. The number of anilines is 2. The molecule has 0 atom stereocenters. The highest BCUT2D eigenvalue weighted by Gasteiger charge is 2.08. The summed E-state index contributed by atoms with van der Waals surface area (Å²) in [5.41, 5.74) is 25.3. The van der Waals surface area contributed by atoms with Gasteiger partial charge < -0.3 is 11.5 Å². The third kappa shape index (κ3) is 14.8. The molecule has 2 nitrogen and oxygen atoms in total. The monoisotopic (exact) mass is 673 g/mol. The molecule has 270 valence electrons. The molecule has 4 rings (SSSR count). The van der Waals surface area contributed by atoms with Crippen LogP contribution >= 0.6 is 0 Å². The van der Waals surface area contributed by atoms with Gasteiger partial charge in [0.05, 0.1) is 0 Å². The maximum Gasteiger partial charge on any atom is 0.0314 e. The molecule has 0 saturated carbocycles. The zero-order chi connectivity index (χ0) is 35.2. The third-order valence-electron chi connectivity index (χ3n) is 10.6. The first-order chi connectivity index (χ1) is 24.5. The Morgan fingerprint density at radius 3 is 0.960 bits per heavy atom. The van der Waals surface area contributed by atoms with Crippen LogP contribution in [-0.4, -0.2) is 0 Å². The van der Waals surface area contributed by atoms with Crippen LogP contribution in [0.2, 0.25) is 0 Å². The van der Waals surface area contributed by atoms with E-state index in [1.54, 1.807) is 22.3 Å². The van der Waals surface area contributed by atoms with Gasteiger partial charge in [0.1, 0.15) is 0 Å². The molecular weight excluding hydrogens is 605 g/mol. The minimum atomic E-state index is 0.839. The highest BCUT2D eigenvalue weighted by atomic mass is 14.5. The molecule has 0 aromatic heterocycles. The first kappa shape index (κ1) is 39.3. The summed E-state index contributed by atoms with van der Waals surface area (Å²) in [5, 5.41) is 0. The van der Waals surface area contributed by atoms with Gasteiger partial charge >= 0.3 is 0 Å². The van der Waals surface area contributed by atoms with E-state index >= 15 is 0 Å². The molecule has 0 aliphatic heterocycles. The maximum atomic E-state index is 5.88. The van der Waals surface area contributed by atoms with Crippen LogP contribution in [0.4, 0.5) is 11.4 Å². The summed E-state index contributed by atoms with van der Waals surface area (Å²) in [6.07, 6.45) is 28.6. The van der Waals surface area contributed by atoms with Gasteiger partial charge in [-0.2, -0.15) is 0 Å². The van der Waals surface area contributed by atoms with Gasteiger partial charge in [-0.15, -0.1) is 0 Å². The molecule has 0 radical (unpaired) electrons. The van der Waals surface area contributed by atoms with Crippen LogP contribution in [0.15, 0.2) is 84.9 Å². The van der Waals surface area contributed by atoms with E-state index in [9.17, 15) is 0 Å². The van der Waals surface area contributed by atoms with Crippen molar-refractivity contribution in [2.75, 3.05) is 11.5 Å². The van der Waals surface area contributed by atoms with E-state index in [-0.39, 0.29) is 0 Å². The second-order valence-corrected chi connectivity index (χ2v) is 15.0. The molecule has 0 aliphatic rings. The lowest BCUT2D eigenvalue weighted by Gasteiger charge is -2.13. The van der Waals surface area contributed by atoms with Crippen LogP contribution in [0, 0.1) is 0 Å². The highest BCUT2D eigenvalue weighted by molar-refractivity contribution is 5.43. The number of nitrogen functional groups attached to an aromatic ring is 2. The maximum absolute atomic E-state index is 5.88. The van der Waals surface area contributed by atoms with Crippen molar-refractivity contribution in [3.63, 3.8) is 0 Å². The lowest BCUT2D eigenvalue weighted by Crippen LogP contribution is -1.99. The van der Waals surface area contributed by atoms with Gasteiger partial charge in [0.15, 0.2) is 0 Å². The Hall–Kier alpha value is -3.52. The number of aryl methyl sites for hydroxylation is 4. The number of benzene rings is 4. The van der Waals surface area contributed by atoms with E-state index in [0.717, 1.165) is 24.2 Å². The van der Waals surface area contributed by atoms with Gasteiger partial charge in [0, 0.05) is 11.4 Å². The summed E-state index contributed by atoms with van der Waals surface area (Å²) in [5.74, 6) is 0. The minimum Gasteiger partial charge on any atom is -0.399 e. The molecule has 0 bridgehead atoms. The van der Waals surface area contributed by atoms with Crippen LogP contribution < -0.4 is 11.5 Å². The van der Waals surface area contributed by atoms with E-state index in [1.807, 2.05) is 24.3 Å². The molecule has 0 saturated heterocycles. The van der Waals surface area contributed by atoms with E-state index in [2.05, 4.69) is 74.5 Å². The number of hydrogen-bond donors (Lipinski definition) is 2. The van der Waals surface area contributed by atoms with Crippen molar-refractivity contribution in [3.8, 4) is 0 Å². The van der Waals surface area contributed by atoms with Crippen molar-refractivity contribution in [2.45, 2.75) is 155 Å². The quantitative estimate of drug-likeness (QED) is 0.0544. The Labute approximate surface area is 306 Å². The zero-order valence-electron chi connectivity index (χ0n) is 31.8. The zero-order valence-corrected chi connectivity index (χ0v) is 31.8. The second kappa shape index (κ2) is 23.0. The fraction of sp³-hybridized carbons (Fsp3) is 0.500. The Morgan fingerprint density at radius 1 is 0.320 bits per heavy atom. The molecular formula is C48H68N2. The van der Waals surface area contributed by atoms with E-state index in [0.29, 0.717) is 0 Å². The van der Waals surface area contributed by atoms with Crippen molar-refractivity contribution in [1.29, 1.82) is 0 Å². The molecule has 0 aliphatic carbocycles. The molecule has 4 N–H and O–H groups in total. The second-order valence-electron chi connectivity index (χ2n) is 15.0. The summed E-state index contributed by atoms with van der Waals surface area (Å²) in [6.45, 7) is 4.60. The molecule has 4 aromatic carbocycles. The van der Waals surface area contributed by atoms with E-state index in [4.69, 9.17) is 11.5 Å². The average Bonchev–Trinajstić information content (AvgIpc) is 3.13. The van der Waals surface area contributed by atoms with Crippen LogP contribution in [0.5, 0.6) is 0 Å². The number of unbranched alkanes of at least 4 members (excludes halogenated alkanes) is 13. The summed E-state index contributed by atoms with van der Waals surface area (Å²) in [6, 6.07) is 31.2. The van der Waals surface area contributed by atoms with Crippen molar-refractivity contribution >= 4 is 11.4 Å². The standard InChI is InChI=1S/C48H68N2/c1-3-5-19-45-37-41(35-39-25-31-47(49)32-26-39)23-29-43(45)21-17-15-13-11-9-7-8-10-12-14-16-18-22-44-30-24-42(38-46(44)20-6-4-2)36-40-27-33-48(50)34-28-40/h23-34,37-38H,3-22,35-36,49-50H2,1-2H3. The summed E-state index contributed by atoms with van der Waals surface area (Å²) >= 11 is 0. The summed E-state index contributed by atoms with van der Waals surface area (Å²) in [4.78, 5) is 0. The van der Waals surface area contributed by atoms with Crippen molar-refractivity contribution in [3.05, 3.63) is 129 Å². The summed E-state index contributed by atoms with van der Waals surface area (Å²) < 4.78 is 0. The Morgan fingerprint density at radius 2 is 0.620 bits per heavy atom. The van der Waals surface area contributed by atoms with Gasteiger partial charge in [0.25, 0.3) is 0 Å². The SMILES string of the molecule is CCCCc1cc(Cc2ccc(N)cc2)ccc1CCCCCCCCCCCCCCc1ccc(Cc2ccc(N)cc2)cc1CCCC. The normalized spacial score (nSPS) is 11.3. The lowest BCUT2D eigenvalue weighted by atomic mass is 9.93. The van der Waals surface area contributed by atoms with Gasteiger partial charge in [0.2, 0.25) is 0 Å². The average molecular weight is 673 g/mol. The topological polar surface area (TPSA) is 52.0 Å². The van der Waals surface area contributed by atoms with Gasteiger partial charge in [-0.3, -0.25) is 0 Å². The van der Waals surface area contributed by atoms with Crippen LogP contribution in [-0.2, 0) is 38.5 Å². The lowest BCUT2D eigenvalue weighted by molar-refractivity contribution is 0.540. The van der Waals surface area contributed by atoms with Gasteiger partial charge in [-0.25, -0.2) is 0 Å². The molecule has 0 unspecified atom stereocenters. The van der Waals surface area contributed by atoms with Crippen molar-refractivity contribution < 1.29 is 0 Å². The molecule has 0 amide bonds. The third-order valence-corrected chi connectivity index (χ3v) is 10.6. The van der Waals surface area contributed by atoms with Crippen molar-refractivity contribution in [1.82, 2.24) is 0 Å². The van der Waals surface area contributed by atoms with Gasteiger partial charge in [-0.05, 0) is 133 Å². The molecule has 4 aromatic rings. The molecule has 2 heteroatoms. The fourth-order valence-electron chi connectivity index (χ4n) is 7.41. The Balaban J connectivity index is 1.04. The predicted molar refractivity (Wildman–Crippen MR) is 220 cm³/mol. The minimum absolute atomic E-state index is 0.839. The van der Waals surface area contributed by atoms with E-state index in [1.165, 1.54) is 151 Å². The van der Waals surface area contributed by atoms with Gasteiger partial charge in [-0.1, -0.05) is 152 Å². The molecule has 0 spiro atoms. The fourth-order valence-corrected chi connectivity index (χ4v) is 7.41.